The zero-order chi connectivity index (χ0) is 20.4. The van der Waals surface area contributed by atoms with Crippen molar-refractivity contribution in [2.45, 2.75) is 25.0 Å². The molecule has 2 N–H and O–H groups in total. The highest BCUT2D eigenvalue weighted by molar-refractivity contribution is 5.96. The molecule has 1 fully saturated rings. The van der Waals surface area contributed by atoms with E-state index in [2.05, 4.69) is 15.5 Å². The molecule has 2 atom stereocenters. The van der Waals surface area contributed by atoms with Crippen LogP contribution in [0.3, 0.4) is 0 Å². The number of aromatic amines is 1. The highest BCUT2D eigenvalue weighted by Crippen LogP contribution is 2.23. The molecule has 1 aromatic heterocycles. The minimum Gasteiger partial charge on any atom is -0.369 e. The first-order valence-corrected chi connectivity index (χ1v) is 9.37. The summed E-state index contributed by atoms with van der Waals surface area (Å²) in [5, 5.41) is 9.56. The average molecular weight is 396 g/mol. The second-order valence-corrected chi connectivity index (χ2v) is 7.08. The Morgan fingerprint density at radius 3 is 2.97 bits per heavy atom. The van der Waals surface area contributed by atoms with Crippen molar-refractivity contribution in [3.05, 3.63) is 77.0 Å². The zero-order valence-electron chi connectivity index (χ0n) is 15.9. The Hall–Kier alpha value is -3.26. The van der Waals surface area contributed by atoms with E-state index in [1.807, 2.05) is 18.2 Å². The number of carbonyl (C=O) groups excluding carboxylic acids is 2. The number of aromatic nitrogens is 2. The third-order valence-electron chi connectivity index (χ3n) is 5.04. The van der Waals surface area contributed by atoms with Gasteiger partial charge in [-0.3, -0.25) is 14.7 Å². The summed E-state index contributed by atoms with van der Waals surface area (Å²) in [6.45, 7) is 0.0949. The van der Waals surface area contributed by atoms with Gasteiger partial charge in [-0.05, 0) is 36.3 Å². The predicted molar refractivity (Wildman–Crippen MR) is 103 cm³/mol. The van der Waals surface area contributed by atoms with E-state index in [9.17, 15) is 14.0 Å². The van der Waals surface area contributed by atoms with E-state index in [0.29, 0.717) is 18.5 Å². The largest absolute Gasteiger partial charge is 0.369 e. The lowest BCUT2D eigenvalue weighted by Gasteiger charge is -2.25. The molecule has 2 aliphatic rings. The molecule has 2 heterocycles. The van der Waals surface area contributed by atoms with Crippen molar-refractivity contribution in [2.24, 2.45) is 0 Å². The van der Waals surface area contributed by atoms with Crippen LogP contribution in [0.2, 0.25) is 0 Å². The Morgan fingerprint density at radius 1 is 1.38 bits per heavy atom. The third kappa shape index (κ3) is 4.12. The van der Waals surface area contributed by atoms with Gasteiger partial charge in [0, 0.05) is 24.9 Å². The van der Waals surface area contributed by atoms with Crippen LogP contribution in [0.15, 0.2) is 54.3 Å². The summed E-state index contributed by atoms with van der Waals surface area (Å²) in [4.78, 5) is 26.9. The number of nitrogens with one attached hydrogen (secondary N) is 2. The summed E-state index contributed by atoms with van der Waals surface area (Å²) in [5.74, 6) is -0.992. The minimum absolute atomic E-state index is 0.0949. The van der Waals surface area contributed by atoms with Crippen LogP contribution < -0.4 is 5.32 Å². The van der Waals surface area contributed by atoms with E-state index in [-0.39, 0.29) is 30.1 Å². The second kappa shape index (κ2) is 8.00. The lowest BCUT2D eigenvalue weighted by atomic mass is 10.1. The Balaban J connectivity index is 1.42. The molecule has 4 rings (SSSR count). The molecule has 8 heteroatoms. The first-order valence-electron chi connectivity index (χ1n) is 9.37. The van der Waals surface area contributed by atoms with Crippen LogP contribution in [0.1, 0.15) is 28.2 Å². The molecule has 150 valence electrons. The molecular weight excluding hydrogens is 375 g/mol. The zero-order valence-corrected chi connectivity index (χ0v) is 15.9. The summed E-state index contributed by atoms with van der Waals surface area (Å²) < 4.78 is 18.9. The Morgan fingerprint density at radius 2 is 2.17 bits per heavy atom. The van der Waals surface area contributed by atoms with Gasteiger partial charge in [0.1, 0.15) is 23.7 Å². The molecule has 1 aliphatic carbocycles. The number of nitrogens with zero attached hydrogens (tertiary/aromatic N) is 2. The molecule has 0 spiro atoms. The van der Waals surface area contributed by atoms with Crippen molar-refractivity contribution >= 4 is 11.8 Å². The highest BCUT2D eigenvalue weighted by Gasteiger charge is 2.34. The quantitative estimate of drug-likeness (QED) is 0.827. The number of amides is 2. The van der Waals surface area contributed by atoms with Crippen molar-refractivity contribution in [3.8, 4) is 0 Å². The molecule has 1 saturated heterocycles. The van der Waals surface area contributed by atoms with Gasteiger partial charge in [0.15, 0.2) is 0 Å². The lowest BCUT2D eigenvalue weighted by molar-refractivity contribution is -0.129. The number of benzene rings is 1. The van der Waals surface area contributed by atoms with E-state index in [0.717, 1.165) is 11.3 Å². The number of hydrogen-bond acceptors (Lipinski definition) is 4. The van der Waals surface area contributed by atoms with Gasteiger partial charge in [0.05, 0.1) is 6.61 Å². The van der Waals surface area contributed by atoms with E-state index >= 15 is 0 Å². The molecule has 2 aromatic rings. The van der Waals surface area contributed by atoms with Crippen molar-refractivity contribution in [2.75, 3.05) is 13.7 Å². The van der Waals surface area contributed by atoms with Crippen molar-refractivity contribution in [1.29, 1.82) is 0 Å². The minimum atomic E-state index is -0.795. The number of fused-ring (bicyclic) bond motifs is 1. The van der Waals surface area contributed by atoms with Crippen LogP contribution >= 0.6 is 0 Å². The van der Waals surface area contributed by atoms with Crippen LogP contribution in [0.5, 0.6) is 0 Å². The normalized spacial score (nSPS) is 21.4. The van der Waals surface area contributed by atoms with E-state index < -0.39 is 11.9 Å². The number of likely N-dealkylation sites (N-methyl/N-ethyl adjacent to an activating group) is 1. The van der Waals surface area contributed by atoms with Crippen LogP contribution in [-0.2, 0) is 16.0 Å². The average Bonchev–Trinajstić information content (AvgIpc) is 3.16. The number of rotatable bonds is 4. The Bertz CT molecular complexity index is 980. The number of carbonyl (C=O) groups is 2. The standard InChI is InChI=1S/C21H21FN4O3/c1-26-18-4-2-3-5-19(18)29-12-17(21(26)28)23-20(27)16-11-15(24-25-16)10-13-6-8-14(22)9-7-13/h2-4,6-9,11,17,19H,5,10,12H2,1H3,(H,23,27)(H,24,25)/t17-,19?/m0/s1. The smallest absolute Gasteiger partial charge is 0.272 e. The fourth-order valence-electron chi connectivity index (χ4n) is 3.45. The van der Waals surface area contributed by atoms with E-state index in [1.165, 1.54) is 17.0 Å². The maximum Gasteiger partial charge on any atom is 0.272 e. The summed E-state index contributed by atoms with van der Waals surface area (Å²) in [7, 11) is 1.68. The highest BCUT2D eigenvalue weighted by atomic mass is 19.1. The van der Waals surface area contributed by atoms with Gasteiger partial charge < -0.3 is 15.0 Å². The SMILES string of the molecule is CN1C(=O)[C@@H](NC(=O)c2cc(Cc3ccc(F)cc3)[nH]n2)COC2CC=CC=C21. The summed E-state index contributed by atoms with van der Waals surface area (Å²) in [6, 6.07) is 6.95. The molecule has 0 saturated carbocycles. The number of hydrogen-bond donors (Lipinski definition) is 2. The third-order valence-corrected chi connectivity index (χ3v) is 5.04. The topological polar surface area (TPSA) is 87.3 Å². The van der Waals surface area contributed by atoms with Gasteiger partial charge in [-0.25, -0.2) is 4.39 Å². The second-order valence-electron chi connectivity index (χ2n) is 7.08. The Kier molecular flexibility index (Phi) is 5.26. The number of halogens is 1. The molecule has 1 unspecified atom stereocenters. The predicted octanol–water partition coefficient (Wildman–Crippen LogP) is 1.94. The van der Waals surface area contributed by atoms with E-state index in [1.54, 1.807) is 25.2 Å². The molecule has 0 bridgehead atoms. The molecule has 1 aromatic carbocycles. The molecule has 0 radical (unpaired) electrons. The number of H-pyrrole nitrogens is 1. The lowest BCUT2D eigenvalue weighted by Crippen LogP contribution is -2.48. The Labute approximate surface area is 167 Å². The molecule has 29 heavy (non-hydrogen) atoms. The van der Waals surface area contributed by atoms with Crippen molar-refractivity contribution in [3.63, 3.8) is 0 Å². The van der Waals surface area contributed by atoms with Crippen LogP contribution in [0.25, 0.3) is 0 Å². The van der Waals surface area contributed by atoms with Crippen LogP contribution in [0, 0.1) is 5.82 Å². The molecule has 1 aliphatic heterocycles. The summed E-state index contributed by atoms with van der Waals surface area (Å²) >= 11 is 0. The van der Waals surface area contributed by atoms with Gasteiger partial charge >= 0.3 is 0 Å². The van der Waals surface area contributed by atoms with Crippen molar-refractivity contribution in [1.82, 2.24) is 20.4 Å². The van der Waals surface area contributed by atoms with Gasteiger partial charge in [-0.2, -0.15) is 5.10 Å². The number of ether oxygens (including phenoxy) is 1. The van der Waals surface area contributed by atoms with Gasteiger partial charge in [0.25, 0.3) is 11.8 Å². The fourth-order valence-corrected chi connectivity index (χ4v) is 3.45. The fraction of sp³-hybridized carbons (Fsp3) is 0.286. The first kappa shape index (κ1) is 19.1. The molecule has 2 amide bonds. The molecular formula is C21H21FN4O3. The van der Waals surface area contributed by atoms with Gasteiger partial charge in [-0.15, -0.1) is 0 Å². The number of allylic oxidation sites excluding steroid dienone is 2. The maximum absolute atomic E-state index is 13.0. The first-order chi connectivity index (χ1) is 14.0. The summed E-state index contributed by atoms with van der Waals surface area (Å²) in [5.41, 5.74) is 2.57. The van der Waals surface area contributed by atoms with E-state index in [4.69, 9.17) is 4.74 Å². The van der Waals surface area contributed by atoms with Crippen LogP contribution in [0.4, 0.5) is 4.39 Å². The van der Waals surface area contributed by atoms with Gasteiger partial charge in [-0.1, -0.05) is 24.3 Å². The summed E-state index contributed by atoms with van der Waals surface area (Å²) in [6.07, 6.45) is 6.71. The monoisotopic (exact) mass is 396 g/mol. The van der Waals surface area contributed by atoms with Gasteiger partial charge in [0.2, 0.25) is 0 Å². The molecule has 7 nitrogen and oxygen atoms in total. The van der Waals surface area contributed by atoms with Crippen molar-refractivity contribution < 1.29 is 18.7 Å². The maximum atomic E-state index is 13.0. The van der Waals surface area contributed by atoms with Crippen LogP contribution in [-0.4, -0.2) is 52.7 Å².